The molecule has 0 aliphatic carbocycles. The van der Waals surface area contributed by atoms with Crippen LogP contribution in [0.25, 0.3) is 10.9 Å². The van der Waals surface area contributed by atoms with E-state index in [1.54, 1.807) is 16.5 Å². The molecule has 10 heteroatoms. The Morgan fingerprint density at radius 1 is 1.32 bits per heavy atom. The van der Waals surface area contributed by atoms with E-state index in [9.17, 15) is 14.0 Å². The van der Waals surface area contributed by atoms with Crippen molar-refractivity contribution in [3.05, 3.63) is 50.7 Å². The van der Waals surface area contributed by atoms with Gasteiger partial charge in [0.15, 0.2) is 17.3 Å². The number of nitrogens with zero attached hydrogens (tertiary/aromatic N) is 4. The molecule has 0 fully saturated rings. The normalized spacial score (nSPS) is 13.9. The predicted molar refractivity (Wildman–Crippen MR) is 102 cm³/mol. The van der Waals surface area contributed by atoms with Crippen molar-refractivity contribution in [1.82, 2.24) is 19.2 Å². The van der Waals surface area contributed by atoms with Crippen molar-refractivity contribution in [2.75, 3.05) is 26.4 Å². The number of anilines is 1. The third kappa shape index (κ3) is 2.62. The summed E-state index contributed by atoms with van der Waals surface area (Å²) in [5.41, 5.74) is 6.93. The Balaban J connectivity index is 1.94. The fourth-order valence-electron chi connectivity index (χ4n) is 3.50. The third-order valence-electron chi connectivity index (χ3n) is 4.87. The molecule has 0 saturated carbocycles. The molecule has 8 nitrogen and oxygen atoms in total. The summed E-state index contributed by atoms with van der Waals surface area (Å²) in [6.45, 7) is 0.992. The van der Waals surface area contributed by atoms with Gasteiger partial charge in [-0.15, -0.1) is 5.10 Å². The van der Waals surface area contributed by atoms with Crippen LogP contribution in [0.1, 0.15) is 16.1 Å². The number of hydrogen-bond acceptors (Lipinski definition) is 5. The Kier molecular flexibility index (Phi) is 4.26. The number of nitrogens with two attached hydrogens (primary N) is 1. The van der Waals surface area contributed by atoms with Crippen LogP contribution in [0.4, 0.5) is 10.2 Å². The van der Waals surface area contributed by atoms with Crippen molar-refractivity contribution in [2.45, 2.75) is 13.1 Å². The van der Waals surface area contributed by atoms with Gasteiger partial charge in [0.05, 0.1) is 18.7 Å². The zero-order chi connectivity index (χ0) is 20.2. The average molecular weight is 406 g/mol. The Hall–Kier alpha value is -3.07. The first-order chi connectivity index (χ1) is 13.3. The van der Waals surface area contributed by atoms with Crippen molar-refractivity contribution in [3.8, 4) is 5.75 Å². The van der Waals surface area contributed by atoms with Gasteiger partial charge in [-0.3, -0.25) is 9.59 Å². The minimum Gasteiger partial charge on any atom is -0.493 e. The fourth-order valence-corrected chi connectivity index (χ4v) is 3.70. The van der Waals surface area contributed by atoms with Crippen LogP contribution in [0.5, 0.6) is 5.75 Å². The summed E-state index contributed by atoms with van der Waals surface area (Å²) >= 11 is 5.82. The van der Waals surface area contributed by atoms with Crippen molar-refractivity contribution in [2.24, 2.45) is 0 Å². The number of fused-ring (bicyclic) bond motifs is 3. The molecule has 0 saturated heterocycles. The monoisotopic (exact) mass is 405 g/mol. The molecule has 2 aromatic heterocycles. The summed E-state index contributed by atoms with van der Waals surface area (Å²) in [7, 11) is 3.08. The molecule has 1 aromatic carbocycles. The number of likely N-dealkylation sites (N-methyl/N-ethyl adjacent to an activating group) is 1. The number of carbonyl (C=O) groups excluding carboxylic acids is 1. The molecular weight excluding hydrogens is 389 g/mol. The standard InChI is InChI=1S/C18H17ClFN5O3/c1-23-5-6-24-13-12(15(28-2)14(24)18(23)27)17(26)25(22-16(13)21)8-9-3-4-11(20)10(19)7-9/h3-4,7H,5-6,8H2,1-2H3,(H2,21,22). The van der Waals surface area contributed by atoms with E-state index < -0.39 is 11.4 Å². The van der Waals surface area contributed by atoms with E-state index >= 15 is 0 Å². The third-order valence-corrected chi connectivity index (χ3v) is 5.16. The van der Waals surface area contributed by atoms with E-state index in [4.69, 9.17) is 22.1 Å². The molecular formula is C18H17ClFN5O3. The molecule has 28 heavy (non-hydrogen) atoms. The first-order valence-electron chi connectivity index (χ1n) is 8.49. The van der Waals surface area contributed by atoms with E-state index in [1.807, 2.05) is 0 Å². The quantitative estimate of drug-likeness (QED) is 0.715. The molecule has 1 aliphatic heterocycles. The van der Waals surface area contributed by atoms with E-state index in [0.29, 0.717) is 24.2 Å². The second kappa shape index (κ2) is 6.52. The second-order valence-electron chi connectivity index (χ2n) is 6.58. The van der Waals surface area contributed by atoms with E-state index in [0.717, 1.165) is 4.68 Å². The Morgan fingerprint density at radius 3 is 2.75 bits per heavy atom. The maximum atomic E-state index is 13.4. The topological polar surface area (TPSA) is 95.4 Å². The van der Waals surface area contributed by atoms with Crippen molar-refractivity contribution in [1.29, 1.82) is 0 Å². The Bertz CT molecular complexity index is 1190. The smallest absolute Gasteiger partial charge is 0.280 e. The van der Waals surface area contributed by atoms with Gasteiger partial charge in [-0.05, 0) is 17.7 Å². The number of ether oxygens (including phenoxy) is 1. The van der Waals surface area contributed by atoms with Gasteiger partial charge in [0.1, 0.15) is 16.7 Å². The molecule has 0 unspecified atom stereocenters. The average Bonchev–Trinajstić information content (AvgIpc) is 3.01. The number of benzene rings is 1. The summed E-state index contributed by atoms with van der Waals surface area (Å²) in [6, 6.07) is 4.15. The highest BCUT2D eigenvalue weighted by Gasteiger charge is 2.33. The van der Waals surface area contributed by atoms with Crippen molar-refractivity contribution in [3.63, 3.8) is 0 Å². The largest absolute Gasteiger partial charge is 0.493 e. The van der Waals surface area contributed by atoms with Crippen LogP contribution in [0.2, 0.25) is 5.02 Å². The van der Waals surface area contributed by atoms with Gasteiger partial charge in [0, 0.05) is 20.1 Å². The Labute approximate surface area is 163 Å². The lowest BCUT2D eigenvalue weighted by molar-refractivity contribution is 0.0747. The number of methoxy groups -OCH3 is 1. The van der Waals surface area contributed by atoms with Gasteiger partial charge in [-0.2, -0.15) is 0 Å². The maximum absolute atomic E-state index is 13.4. The first-order valence-corrected chi connectivity index (χ1v) is 8.87. The van der Waals surface area contributed by atoms with E-state index in [2.05, 4.69) is 5.10 Å². The summed E-state index contributed by atoms with van der Waals surface area (Å²) in [5, 5.41) is 4.34. The number of carbonyl (C=O) groups is 1. The molecule has 146 valence electrons. The lowest BCUT2D eigenvalue weighted by atomic mass is 10.2. The molecule has 3 heterocycles. The van der Waals surface area contributed by atoms with Gasteiger partial charge in [-0.1, -0.05) is 17.7 Å². The van der Waals surface area contributed by atoms with Crippen LogP contribution in [0, 0.1) is 5.82 Å². The SMILES string of the molecule is COc1c2n(c3c(N)nn(Cc4ccc(F)c(Cl)c4)c(=O)c13)CCN(C)C2=O. The fraction of sp³-hybridized carbons (Fsp3) is 0.278. The van der Waals surface area contributed by atoms with E-state index in [1.165, 1.54) is 25.3 Å². The van der Waals surface area contributed by atoms with Gasteiger partial charge >= 0.3 is 0 Å². The van der Waals surface area contributed by atoms with Crippen LogP contribution in [0.3, 0.4) is 0 Å². The molecule has 0 spiro atoms. The van der Waals surface area contributed by atoms with Gasteiger partial charge in [0.25, 0.3) is 11.5 Å². The van der Waals surface area contributed by atoms with Crippen LogP contribution in [0.15, 0.2) is 23.0 Å². The number of hydrogen-bond donors (Lipinski definition) is 1. The van der Waals surface area contributed by atoms with Crippen LogP contribution in [-0.2, 0) is 13.1 Å². The summed E-state index contributed by atoms with van der Waals surface area (Å²) < 4.78 is 21.7. The van der Waals surface area contributed by atoms with Crippen molar-refractivity contribution >= 4 is 34.2 Å². The molecule has 3 aromatic rings. The number of rotatable bonds is 3. The van der Waals surface area contributed by atoms with Gasteiger partial charge in [-0.25, -0.2) is 9.07 Å². The van der Waals surface area contributed by atoms with Gasteiger partial charge < -0.3 is 19.9 Å². The number of aromatic nitrogens is 3. The minimum atomic E-state index is -0.551. The predicted octanol–water partition coefficient (Wildman–Crippen LogP) is 1.72. The summed E-state index contributed by atoms with van der Waals surface area (Å²) in [5.74, 6) is -0.527. The lowest BCUT2D eigenvalue weighted by Crippen LogP contribution is -2.37. The lowest BCUT2D eigenvalue weighted by Gasteiger charge is -2.25. The summed E-state index contributed by atoms with van der Waals surface area (Å²) in [4.78, 5) is 27.3. The maximum Gasteiger partial charge on any atom is 0.280 e. The zero-order valence-electron chi connectivity index (χ0n) is 15.2. The van der Waals surface area contributed by atoms with Crippen LogP contribution < -0.4 is 16.0 Å². The molecule has 2 N–H and O–H groups in total. The summed E-state index contributed by atoms with van der Waals surface area (Å²) in [6.07, 6.45) is 0. The highest BCUT2D eigenvalue weighted by molar-refractivity contribution is 6.30. The van der Waals surface area contributed by atoms with E-state index in [-0.39, 0.29) is 40.1 Å². The highest BCUT2D eigenvalue weighted by atomic mass is 35.5. The van der Waals surface area contributed by atoms with Crippen LogP contribution in [-0.4, -0.2) is 45.9 Å². The first kappa shape index (κ1) is 18.3. The molecule has 0 radical (unpaired) electrons. The second-order valence-corrected chi connectivity index (χ2v) is 6.99. The Morgan fingerprint density at radius 2 is 2.07 bits per heavy atom. The van der Waals surface area contributed by atoms with Crippen molar-refractivity contribution < 1.29 is 13.9 Å². The molecule has 1 amide bonds. The molecule has 0 atom stereocenters. The number of amides is 1. The van der Waals surface area contributed by atoms with Gasteiger partial charge in [0.2, 0.25) is 0 Å². The molecule has 4 rings (SSSR count). The number of nitrogen functional groups attached to an aromatic ring is 1. The zero-order valence-corrected chi connectivity index (χ0v) is 16.0. The molecule has 0 bridgehead atoms. The number of halogens is 2. The highest BCUT2D eigenvalue weighted by Crippen LogP contribution is 2.35. The molecule has 1 aliphatic rings. The van der Waals surface area contributed by atoms with Crippen LogP contribution >= 0.6 is 11.6 Å². The minimum absolute atomic E-state index is 0.0382.